The summed E-state index contributed by atoms with van der Waals surface area (Å²) in [4.78, 5) is 4.44. The third-order valence-corrected chi connectivity index (χ3v) is 4.29. The summed E-state index contributed by atoms with van der Waals surface area (Å²) < 4.78 is 0. The number of pyridine rings is 1. The van der Waals surface area contributed by atoms with Crippen molar-refractivity contribution in [1.82, 2.24) is 4.98 Å². The zero-order valence-electron chi connectivity index (χ0n) is 13.5. The first-order valence-electron chi connectivity index (χ1n) is 8.74. The molecule has 0 bridgehead atoms. The van der Waals surface area contributed by atoms with Gasteiger partial charge in [0.15, 0.2) is 0 Å². The Morgan fingerprint density at radius 3 is 2.19 bits per heavy atom. The molecule has 1 heterocycles. The van der Waals surface area contributed by atoms with Crippen LogP contribution in [0.15, 0.2) is 36.5 Å². The van der Waals surface area contributed by atoms with Crippen LogP contribution >= 0.6 is 0 Å². The lowest BCUT2D eigenvalue weighted by atomic mass is 10.0. The summed E-state index contributed by atoms with van der Waals surface area (Å²) in [5.74, 6) is 0. The van der Waals surface area contributed by atoms with Gasteiger partial charge in [0.25, 0.3) is 0 Å². The van der Waals surface area contributed by atoms with Crippen LogP contribution in [0.1, 0.15) is 70.3 Å². The third-order valence-electron chi connectivity index (χ3n) is 4.29. The molecule has 0 spiro atoms. The number of rotatable bonds is 10. The van der Waals surface area contributed by atoms with Gasteiger partial charge >= 0.3 is 0 Å². The van der Waals surface area contributed by atoms with E-state index in [1.54, 1.807) is 0 Å². The molecular formula is C20H29N. The minimum Gasteiger partial charge on any atom is -0.256 e. The molecule has 0 unspecified atom stereocenters. The molecule has 2 aromatic rings. The van der Waals surface area contributed by atoms with Crippen molar-refractivity contribution in [3.05, 3.63) is 42.1 Å². The van der Waals surface area contributed by atoms with Gasteiger partial charge in [-0.2, -0.15) is 0 Å². The van der Waals surface area contributed by atoms with Crippen molar-refractivity contribution >= 4 is 10.9 Å². The summed E-state index contributed by atoms with van der Waals surface area (Å²) in [5, 5.41) is 1.33. The first-order chi connectivity index (χ1) is 10.4. The van der Waals surface area contributed by atoms with Gasteiger partial charge in [0, 0.05) is 11.6 Å². The van der Waals surface area contributed by atoms with Crippen LogP contribution < -0.4 is 0 Å². The van der Waals surface area contributed by atoms with E-state index in [0.717, 1.165) is 5.52 Å². The highest BCUT2D eigenvalue weighted by atomic mass is 14.6. The second kappa shape index (κ2) is 9.55. The minimum atomic E-state index is 1.13. The Morgan fingerprint density at radius 2 is 1.43 bits per heavy atom. The van der Waals surface area contributed by atoms with E-state index in [1.807, 2.05) is 6.20 Å². The molecule has 114 valence electrons. The fraction of sp³-hybridized carbons (Fsp3) is 0.550. The highest BCUT2D eigenvalue weighted by Gasteiger charge is 2.01. The zero-order valence-corrected chi connectivity index (χ0v) is 13.5. The number of benzene rings is 1. The number of fused-ring (bicyclic) bond motifs is 1. The van der Waals surface area contributed by atoms with E-state index >= 15 is 0 Å². The number of nitrogens with zero attached hydrogens (tertiary/aromatic N) is 1. The van der Waals surface area contributed by atoms with Gasteiger partial charge in [-0.25, -0.2) is 0 Å². The molecule has 0 aliphatic heterocycles. The molecule has 21 heavy (non-hydrogen) atoms. The Kier molecular flexibility index (Phi) is 7.28. The average Bonchev–Trinajstić information content (AvgIpc) is 2.53. The maximum Gasteiger partial charge on any atom is 0.0704 e. The Morgan fingerprint density at radius 1 is 0.762 bits per heavy atom. The Bertz CT molecular complexity index is 513. The van der Waals surface area contributed by atoms with Crippen LogP contribution in [0.5, 0.6) is 0 Å². The topological polar surface area (TPSA) is 12.9 Å². The average molecular weight is 283 g/mol. The molecule has 0 radical (unpaired) electrons. The maximum absolute atomic E-state index is 4.44. The molecule has 1 aromatic heterocycles. The zero-order chi connectivity index (χ0) is 14.8. The normalized spacial score (nSPS) is 11.1. The minimum absolute atomic E-state index is 1.13. The Balaban J connectivity index is 1.64. The van der Waals surface area contributed by atoms with E-state index in [9.17, 15) is 0 Å². The highest BCUT2D eigenvalue weighted by Crippen LogP contribution is 2.19. The van der Waals surface area contributed by atoms with E-state index in [0.29, 0.717) is 0 Å². The standard InChI is InChI=1S/C20H29N/c1-2-3-4-5-6-7-8-9-10-13-18-16-17-21-20-15-12-11-14-19(18)20/h11-12,14-17H,2-10,13H2,1H3. The van der Waals surface area contributed by atoms with Crippen molar-refractivity contribution in [2.75, 3.05) is 0 Å². The number of aromatic nitrogens is 1. The van der Waals surface area contributed by atoms with Crippen LogP contribution in [0.2, 0.25) is 0 Å². The summed E-state index contributed by atoms with van der Waals surface area (Å²) in [6.45, 7) is 2.28. The molecule has 0 aliphatic carbocycles. The van der Waals surface area contributed by atoms with Gasteiger partial charge < -0.3 is 0 Å². The second-order valence-electron chi connectivity index (χ2n) is 6.07. The van der Waals surface area contributed by atoms with Gasteiger partial charge in [0.2, 0.25) is 0 Å². The van der Waals surface area contributed by atoms with Gasteiger partial charge in [0.05, 0.1) is 5.52 Å². The lowest BCUT2D eigenvalue weighted by Crippen LogP contribution is -1.90. The number of unbranched alkanes of at least 4 members (excludes halogenated alkanes) is 8. The first kappa shape index (κ1) is 16.0. The Labute approximate surface area is 129 Å². The maximum atomic E-state index is 4.44. The monoisotopic (exact) mass is 283 g/mol. The lowest BCUT2D eigenvalue weighted by Gasteiger charge is -2.06. The van der Waals surface area contributed by atoms with Gasteiger partial charge in [-0.15, -0.1) is 0 Å². The van der Waals surface area contributed by atoms with Crippen LogP contribution in [0.25, 0.3) is 10.9 Å². The van der Waals surface area contributed by atoms with Crippen LogP contribution in [0, 0.1) is 0 Å². The molecule has 0 amide bonds. The quantitative estimate of drug-likeness (QED) is 0.466. The largest absolute Gasteiger partial charge is 0.256 e. The van der Waals surface area contributed by atoms with E-state index in [4.69, 9.17) is 0 Å². The lowest BCUT2D eigenvalue weighted by molar-refractivity contribution is 0.565. The smallest absolute Gasteiger partial charge is 0.0704 e. The first-order valence-corrected chi connectivity index (χ1v) is 8.74. The molecule has 1 heteroatoms. The number of para-hydroxylation sites is 1. The Hall–Kier alpha value is -1.37. The molecule has 1 nitrogen and oxygen atoms in total. The second-order valence-corrected chi connectivity index (χ2v) is 6.07. The molecule has 0 N–H and O–H groups in total. The predicted molar refractivity (Wildman–Crippen MR) is 92.7 cm³/mol. The van der Waals surface area contributed by atoms with E-state index < -0.39 is 0 Å². The van der Waals surface area contributed by atoms with Crippen molar-refractivity contribution in [3.63, 3.8) is 0 Å². The summed E-state index contributed by atoms with van der Waals surface area (Å²) in [5.41, 5.74) is 2.59. The van der Waals surface area contributed by atoms with Crippen LogP contribution in [0.3, 0.4) is 0 Å². The third kappa shape index (κ3) is 5.49. The summed E-state index contributed by atoms with van der Waals surface area (Å²) in [6.07, 6.45) is 15.7. The summed E-state index contributed by atoms with van der Waals surface area (Å²) in [6, 6.07) is 10.7. The molecule has 0 aliphatic rings. The van der Waals surface area contributed by atoms with Crippen molar-refractivity contribution in [2.24, 2.45) is 0 Å². The van der Waals surface area contributed by atoms with Crippen LogP contribution in [0.4, 0.5) is 0 Å². The van der Waals surface area contributed by atoms with E-state index in [1.165, 1.54) is 75.2 Å². The van der Waals surface area contributed by atoms with Crippen molar-refractivity contribution in [3.8, 4) is 0 Å². The SMILES string of the molecule is CCCCCCCCCCCc1ccnc2ccccc12. The number of hydrogen-bond acceptors (Lipinski definition) is 1. The van der Waals surface area contributed by atoms with Gasteiger partial charge in [0.1, 0.15) is 0 Å². The van der Waals surface area contributed by atoms with Crippen molar-refractivity contribution < 1.29 is 0 Å². The van der Waals surface area contributed by atoms with E-state index in [-0.39, 0.29) is 0 Å². The summed E-state index contributed by atoms with van der Waals surface area (Å²) in [7, 11) is 0. The molecule has 0 atom stereocenters. The van der Waals surface area contributed by atoms with Crippen LogP contribution in [-0.2, 0) is 6.42 Å². The molecule has 0 saturated heterocycles. The van der Waals surface area contributed by atoms with Gasteiger partial charge in [-0.05, 0) is 30.5 Å². The van der Waals surface area contributed by atoms with E-state index in [2.05, 4.69) is 42.2 Å². The molecule has 0 saturated carbocycles. The molecule has 1 aromatic carbocycles. The predicted octanol–water partition coefficient (Wildman–Crippen LogP) is 6.31. The molecular weight excluding hydrogens is 254 g/mol. The molecule has 2 rings (SSSR count). The van der Waals surface area contributed by atoms with Gasteiger partial charge in [-0.3, -0.25) is 4.98 Å². The highest BCUT2D eigenvalue weighted by molar-refractivity contribution is 5.81. The van der Waals surface area contributed by atoms with Crippen molar-refractivity contribution in [2.45, 2.75) is 71.1 Å². The number of hydrogen-bond donors (Lipinski definition) is 0. The number of aryl methyl sites for hydroxylation is 1. The fourth-order valence-corrected chi connectivity index (χ4v) is 3.00. The van der Waals surface area contributed by atoms with Crippen LogP contribution in [-0.4, -0.2) is 4.98 Å². The summed E-state index contributed by atoms with van der Waals surface area (Å²) >= 11 is 0. The fourth-order valence-electron chi connectivity index (χ4n) is 3.00. The van der Waals surface area contributed by atoms with Crippen molar-refractivity contribution in [1.29, 1.82) is 0 Å². The van der Waals surface area contributed by atoms with Gasteiger partial charge in [-0.1, -0.05) is 76.5 Å². The molecule has 0 fully saturated rings.